The number of aryl methyl sites for hydroxylation is 2. The number of sulfonamides is 1. The van der Waals surface area contributed by atoms with Crippen LogP contribution in [-0.4, -0.2) is 35.1 Å². The van der Waals surface area contributed by atoms with Crippen LogP contribution in [0.3, 0.4) is 0 Å². The van der Waals surface area contributed by atoms with E-state index in [1.54, 1.807) is 12.1 Å². The average molecular weight is 438 g/mol. The van der Waals surface area contributed by atoms with Gasteiger partial charge in [0.15, 0.2) is 5.82 Å². The highest BCUT2D eigenvalue weighted by atomic mass is 32.2. The summed E-state index contributed by atoms with van der Waals surface area (Å²) in [5.41, 5.74) is 9.33. The lowest BCUT2D eigenvalue weighted by Gasteiger charge is -2.08. The Morgan fingerprint density at radius 1 is 1.13 bits per heavy atom. The first kappa shape index (κ1) is 21.0. The van der Waals surface area contributed by atoms with Crippen LogP contribution in [0.5, 0.6) is 0 Å². The molecule has 3 N–H and O–H groups in total. The van der Waals surface area contributed by atoms with E-state index in [9.17, 15) is 13.2 Å². The lowest BCUT2D eigenvalue weighted by molar-refractivity contribution is -0.112. The van der Waals surface area contributed by atoms with E-state index >= 15 is 0 Å². The Balaban J connectivity index is 1.62. The van der Waals surface area contributed by atoms with E-state index in [1.165, 1.54) is 29.3 Å². The van der Waals surface area contributed by atoms with Gasteiger partial charge >= 0.3 is 0 Å². The van der Waals surface area contributed by atoms with Crippen molar-refractivity contribution in [2.75, 3.05) is 0 Å². The minimum absolute atomic E-state index is 0.0180. The van der Waals surface area contributed by atoms with Crippen molar-refractivity contribution in [3.05, 3.63) is 65.5 Å². The molecule has 1 aliphatic carbocycles. The van der Waals surface area contributed by atoms with E-state index in [4.69, 9.17) is 5.73 Å². The van der Waals surface area contributed by atoms with Gasteiger partial charge in [0.05, 0.1) is 10.5 Å². The van der Waals surface area contributed by atoms with Crippen molar-refractivity contribution in [2.45, 2.75) is 37.6 Å². The molecule has 9 heteroatoms. The van der Waals surface area contributed by atoms with Crippen LogP contribution in [0.15, 0.2) is 53.7 Å². The van der Waals surface area contributed by atoms with E-state index in [0.717, 1.165) is 29.5 Å². The van der Waals surface area contributed by atoms with Crippen molar-refractivity contribution in [1.82, 2.24) is 19.5 Å². The number of nitrogens with zero attached hydrogens (tertiary/aromatic N) is 3. The minimum Gasteiger partial charge on any atom is -0.366 e. The van der Waals surface area contributed by atoms with Crippen LogP contribution in [0.1, 0.15) is 29.5 Å². The summed E-state index contributed by atoms with van der Waals surface area (Å²) in [7, 11) is -3.57. The third kappa shape index (κ3) is 4.89. The summed E-state index contributed by atoms with van der Waals surface area (Å²) in [5, 5.41) is 4.42. The summed E-state index contributed by atoms with van der Waals surface area (Å²) in [4.78, 5) is 16.5. The van der Waals surface area contributed by atoms with Gasteiger partial charge in [-0.3, -0.25) is 4.79 Å². The molecule has 2 aromatic carbocycles. The van der Waals surface area contributed by atoms with Gasteiger partial charge in [0.25, 0.3) is 5.91 Å². The van der Waals surface area contributed by atoms with Crippen molar-refractivity contribution in [1.29, 1.82) is 0 Å². The molecule has 0 bridgehead atoms. The molecule has 3 aromatic rings. The van der Waals surface area contributed by atoms with Crippen LogP contribution in [0, 0.1) is 13.8 Å². The number of carbonyl (C=O) groups excluding carboxylic acids is 1. The van der Waals surface area contributed by atoms with Crippen LogP contribution in [0.4, 0.5) is 0 Å². The summed E-state index contributed by atoms with van der Waals surface area (Å²) < 4.78 is 28.7. The van der Waals surface area contributed by atoms with Gasteiger partial charge < -0.3 is 5.73 Å². The number of aromatic nitrogens is 3. The molecule has 0 aliphatic heterocycles. The van der Waals surface area contributed by atoms with Crippen LogP contribution in [0.25, 0.3) is 23.2 Å². The smallest absolute Gasteiger partial charge is 0.250 e. The summed E-state index contributed by atoms with van der Waals surface area (Å²) in [6, 6.07) is 12.1. The first-order valence-electron chi connectivity index (χ1n) is 9.85. The van der Waals surface area contributed by atoms with Crippen molar-refractivity contribution >= 4 is 27.7 Å². The number of rotatable bonds is 7. The Morgan fingerprint density at radius 3 is 2.35 bits per heavy atom. The predicted octanol–water partition coefficient (Wildman–Crippen LogP) is 2.49. The molecule has 4 rings (SSSR count). The fourth-order valence-corrected chi connectivity index (χ4v) is 4.59. The van der Waals surface area contributed by atoms with Gasteiger partial charge in [0.1, 0.15) is 6.33 Å². The fourth-order valence-electron chi connectivity index (χ4n) is 3.29. The van der Waals surface area contributed by atoms with E-state index < -0.39 is 15.9 Å². The molecule has 0 unspecified atom stereocenters. The molecule has 1 saturated carbocycles. The topological polar surface area (TPSA) is 120 Å². The summed E-state index contributed by atoms with van der Waals surface area (Å²) in [6.07, 6.45) is 4.68. The SMILES string of the molecule is Cc1cc(C)cc(-c2ncn(/C=C(/C(N)=O)c3ccc(S(=O)(=O)NC4CC4)cc3)n2)c1. The second-order valence-corrected chi connectivity index (χ2v) is 9.47. The van der Waals surface area contributed by atoms with Gasteiger partial charge in [-0.2, -0.15) is 0 Å². The number of primary amides is 1. The van der Waals surface area contributed by atoms with Crippen molar-refractivity contribution in [3.8, 4) is 11.4 Å². The van der Waals surface area contributed by atoms with Gasteiger partial charge in [0.2, 0.25) is 10.0 Å². The van der Waals surface area contributed by atoms with Gasteiger partial charge in [-0.1, -0.05) is 29.3 Å². The van der Waals surface area contributed by atoms with E-state index in [0.29, 0.717) is 11.4 Å². The van der Waals surface area contributed by atoms with Crippen molar-refractivity contribution in [3.63, 3.8) is 0 Å². The normalized spacial score (nSPS) is 14.6. The number of amides is 1. The molecule has 1 heterocycles. The maximum atomic E-state index is 12.3. The van der Waals surface area contributed by atoms with Crippen LogP contribution >= 0.6 is 0 Å². The van der Waals surface area contributed by atoms with Crippen molar-refractivity contribution < 1.29 is 13.2 Å². The van der Waals surface area contributed by atoms with E-state index in [2.05, 4.69) is 20.9 Å². The number of hydrogen-bond donors (Lipinski definition) is 2. The number of benzene rings is 2. The predicted molar refractivity (Wildman–Crippen MR) is 118 cm³/mol. The first-order chi connectivity index (χ1) is 14.7. The van der Waals surface area contributed by atoms with Gasteiger partial charge in [-0.25, -0.2) is 22.8 Å². The van der Waals surface area contributed by atoms with E-state index in [-0.39, 0.29) is 16.5 Å². The highest BCUT2D eigenvalue weighted by Gasteiger charge is 2.28. The third-order valence-corrected chi connectivity index (χ3v) is 6.43. The Kier molecular flexibility index (Phi) is 5.47. The monoisotopic (exact) mass is 437 g/mol. The molecular weight excluding hydrogens is 414 g/mol. The van der Waals surface area contributed by atoms with Gasteiger partial charge in [-0.05, 0) is 56.5 Å². The Bertz CT molecular complexity index is 1250. The lowest BCUT2D eigenvalue weighted by Crippen LogP contribution is -2.25. The molecule has 160 valence electrons. The summed E-state index contributed by atoms with van der Waals surface area (Å²) in [5.74, 6) is -0.130. The molecule has 8 nitrogen and oxygen atoms in total. The summed E-state index contributed by atoms with van der Waals surface area (Å²) in [6.45, 7) is 4.01. The number of hydrogen-bond acceptors (Lipinski definition) is 5. The maximum Gasteiger partial charge on any atom is 0.250 e. The highest BCUT2D eigenvalue weighted by molar-refractivity contribution is 7.89. The molecular formula is C22H23N5O3S. The molecule has 1 amide bonds. The lowest BCUT2D eigenvalue weighted by atomic mass is 10.1. The average Bonchev–Trinajstić information content (AvgIpc) is 3.37. The van der Waals surface area contributed by atoms with Crippen LogP contribution in [0.2, 0.25) is 0 Å². The zero-order valence-corrected chi connectivity index (χ0v) is 18.1. The Hall–Kier alpha value is -3.30. The summed E-state index contributed by atoms with van der Waals surface area (Å²) >= 11 is 0. The van der Waals surface area contributed by atoms with Crippen molar-refractivity contribution in [2.24, 2.45) is 5.73 Å². The second-order valence-electron chi connectivity index (χ2n) is 7.75. The molecule has 0 atom stereocenters. The van der Waals surface area contributed by atoms with Crippen LogP contribution in [-0.2, 0) is 14.8 Å². The molecule has 1 aromatic heterocycles. The zero-order valence-electron chi connectivity index (χ0n) is 17.2. The van der Waals surface area contributed by atoms with Gasteiger partial charge in [-0.15, -0.1) is 5.10 Å². The number of carbonyl (C=O) groups is 1. The number of nitrogens with two attached hydrogens (primary N) is 1. The molecule has 1 aliphatic rings. The van der Waals surface area contributed by atoms with E-state index in [1.807, 2.05) is 26.0 Å². The van der Waals surface area contributed by atoms with Crippen LogP contribution < -0.4 is 10.5 Å². The third-order valence-electron chi connectivity index (χ3n) is 4.89. The minimum atomic E-state index is -3.57. The molecule has 0 saturated heterocycles. The highest BCUT2D eigenvalue weighted by Crippen LogP contribution is 2.24. The second kappa shape index (κ2) is 8.09. The quantitative estimate of drug-likeness (QED) is 0.550. The maximum absolute atomic E-state index is 12.3. The molecule has 31 heavy (non-hydrogen) atoms. The molecule has 1 fully saturated rings. The Morgan fingerprint density at radius 2 is 1.77 bits per heavy atom. The Labute approximate surface area is 180 Å². The van der Waals surface area contributed by atoms with Gasteiger partial charge in [0, 0.05) is 17.8 Å². The molecule has 0 spiro atoms. The zero-order chi connectivity index (χ0) is 22.2. The first-order valence-corrected chi connectivity index (χ1v) is 11.3. The fraction of sp³-hybridized carbons (Fsp3) is 0.227. The standard InChI is InChI=1S/C22H23N5O3S/c1-14-9-15(2)11-17(10-14)22-24-13-27(25-22)12-20(21(23)28)16-3-7-19(8-4-16)31(29,30)26-18-5-6-18/h3-4,7-13,18,26H,5-6H2,1-2H3,(H2,23,28)/b20-12+. The largest absolute Gasteiger partial charge is 0.366 e. The number of nitrogens with one attached hydrogen (secondary N) is 1. The molecule has 0 radical (unpaired) electrons.